The number of hydrogen-bond donors (Lipinski definition) is 8. The van der Waals surface area contributed by atoms with E-state index >= 15 is 0 Å². The summed E-state index contributed by atoms with van der Waals surface area (Å²) in [5, 5.41) is 40.5. The lowest BCUT2D eigenvalue weighted by molar-refractivity contribution is -0.156. The van der Waals surface area contributed by atoms with Crippen LogP contribution in [0.1, 0.15) is 26.3 Å². The zero-order valence-electron chi connectivity index (χ0n) is 29.9. The first-order valence-corrected chi connectivity index (χ1v) is 19.6. The predicted molar refractivity (Wildman–Crippen MR) is 181 cm³/mol. The van der Waals surface area contributed by atoms with Gasteiger partial charge < -0.3 is 68.4 Å². The molecule has 0 spiro atoms. The van der Waals surface area contributed by atoms with E-state index in [2.05, 4.69) is 9.47 Å². The van der Waals surface area contributed by atoms with Gasteiger partial charge in [-0.25, -0.2) is 19.2 Å². The summed E-state index contributed by atoms with van der Waals surface area (Å²) < 4.78 is 55.8. The molecule has 2 aliphatic rings. The fraction of sp³-hybridized carbons (Fsp3) is 0.643. The molecular formula is C28H42N4O22P2. The van der Waals surface area contributed by atoms with Crippen molar-refractivity contribution in [1.29, 1.82) is 0 Å². The average Bonchev–Trinajstić information content (AvgIpc) is 3.54. The van der Waals surface area contributed by atoms with Crippen LogP contribution in [0.2, 0.25) is 0 Å². The average molecular weight is 849 g/mol. The molecule has 2 saturated heterocycles. The maximum absolute atomic E-state index is 12.2. The van der Waals surface area contributed by atoms with E-state index in [1.54, 1.807) is 0 Å². The first kappa shape index (κ1) is 46.7. The molecule has 0 saturated carbocycles. The monoisotopic (exact) mass is 848 g/mol. The second-order valence-corrected chi connectivity index (χ2v) is 15.2. The van der Waals surface area contributed by atoms with E-state index in [0.717, 1.165) is 42.8 Å². The summed E-state index contributed by atoms with van der Waals surface area (Å²) in [6.45, 7) is 1.21. The van der Waals surface area contributed by atoms with Gasteiger partial charge >= 0.3 is 38.5 Å². The third-order valence-corrected chi connectivity index (χ3v) is 10.0. The Morgan fingerprint density at radius 2 is 0.982 bits per heavy atom. The number of aliphatic hydroxyl groups excluding tert-OH is 4. The first-order chi connectivity index (χ1) is 26.0. The van der Waals surface area contributed by atoms with Gasteiger partial charge in [0.05, 0.1) is 26.4 Å². The zero-order valence-corrected chi connectivity index (χ0v) is 31.7. The van der Waals surface area contributed by atoms with E-state index in [-0.39, 0.29) is 13.2 Å². The number of aromatic nitrogens is 4. The Hall–Kier alpha value is -3.72. The molecule has 2 aromatic heterocycles. The maximum Gasteiger partial charge on any atom is 0.365 e. The summed E-state index contributed by atoms with van der Waals surface area (Å²) in [5.74, 6) is -7.07. The van der Waals surface area contributed by atoms with Crippen molar-refractivity contribution in [2.75, 3.05) is 26.4 Å². The fourth-order valence-corrected chi connectivity index (χ4v) is 6.42. The highest BCUT2D eigenvalue weighted by Gasteiger charge is 2.48. The summed E-state index contributed by atoms with van der Waals surface area (Å²) in [4.78, 5) is 108. The number of carbonyl (C=O) groups excluding carboxylic acids is 2. The standard InChI is InChI=1S/2C14H21N2O11P/c2*1-3-25-12(20)13(28(22,23)24)26-6-7-9(18)10(19)11(27-7)16-5-4-8(17)15(2)14(16)21/h2*4-5,7,9-11,13,18-19H,3,6H2,1-2H3,(H2,22,23,24)/t7-,9-,10-,11-,13+;7-,9-,10-,11-,13-/m11/s1. The van der Waals surface area contributed by atoms with Crippen molar-refractivity contribution < 1.29 is 87.1 Å². The molecule has 0 aromatic carbocycles. The Bertz CT molecular complexity index is 1890. The second-order valence-electron chi connectivity index (χ2n) is 12.0. The van der Waals surface area contributed by atoms with Crippen LogP contribution >= 0.6 is 15.2 Å². The first-order valence-electron chi connectivity index (χ1n) is 16.2. The molecule has 2 aromatic rings. The van der Waals surface area contributed by atoms with Crippen LogP contribution in [0.4, 0.5) is 0 Å². The number of carbonyl (C=O) groups is 2. The van der Waals surface area contributed by atoms with Gasteiger partial charge in [-0.15, -0.1) is 0 Å². The van der Waals surface area contributed by atoms with Crippen molar-refractivity contribution in [1.82, 2.24) is 18.3 Å². The van der Waals surface area contributed by atoms with Gasteiger partial charge in [-0.1, -0.05) is 0 Å². The quantitative estimate of drug-likeness (QED) is 0.0649. The molecule has 2 aliphatic heterocycles. The SMILES string of the molecule is CCOC(=O)[C@@H](OC[C@H]1O[C@@H](n2ccc(=O)n(C)c2=O)[C@H](O)[C@@H]1O)P(=O)(O)O.CCOC(=O)[C@H](OC[C@H]1O[C@@H](n2ccc(=O)n(C)c2=O)[C@H](O)[C@@H]1O)P(=O)(O)O. The van der Waals surface area contributed by atoms with Crippen molar-refractivity contribution in [2.45, 2.75) is 74.6 Å². The lowest BCUT2D eigenvalue weighted by atomic mass is 10.1. The lowest BCUT2D eigenvalue weighted by Gasteiger charge is -2.21. The summed E-state index contributed by atoms with van der Waals surface area (Å²) in [5.41, 5.74) is -2.81. The topological polar surface area (TPSA) is 374 Å². The normalized spacial score (nSPS) is 26.2. The molecular weight excluding hydrogens is 806 g/mol. The zero-order chi connectivity index (χ0) is 42.4. The summed E-state index contributed by atoms with van der Waals surface area (Å²) in [6, 6.07) is 2.11. The minimum absolute atomic E-state index is 0.141. The smallest absolute Gasteiger partial charge is 0.365 e. The Morgan fingerprint density at radius 3 is 1.27 bits per heavy atom. The lowest BCUT2D eigenvalue weighted by Crippen LogP contribution is -2.41. The Balaban J connectivity index is 0.000000300. The number of aliphatic hydroxyl groups is 4. The minimum Gasteiger partial charge on any atom is -0.464 e. The van der Waals surface area contributed by atoms with Crippen LogP contribution in [0.15, 0.2) is 43.7 Å². The van der Waals surface area contributed by atoms with Crippen LogP contribution in [-0.4, -0.2) is 145 Å². The van der Waals surface area contributed by atoms with E-state index in [0.29, 0.717) is 0 Å². The molecule has 0 radical (unpaired) electrons. The van der Waals surface area contributed by atoms with Crippen LogP contribution in [0.25, 0.3) is 0 Å². The van der Waals surface area contributed by atoms with E-state index in [4.69, 9.17) is 18.9 Å². The molecule has 28 heteroatoms. The highest BCUT2D eigenvalue weighted by molar-refractivity contribution is 7.53. The van der Waals surface area contributed by atoms with Crippen LogP contribution in [0.3, 0.4) is 0 Å². The number of nitrogens with zero attached hydrogens (tertiary/aromatic N) is 4. The molecule has 0 unspecified atom stereocenters. The number of ether oxygens (including phenoxy) is 6. The second kappa shape index (κ2) is 19.1. The van der Waals surface area contributed by atoms with Gasteiger partial charge in [0.2, 0.25) is 0 Å². The highest BCUT2D eigenvalue weighted by atomic mass is 31.2. The summed E-state index contributed by atoms with van der Waals surface area (Å²) >= 11 is 0. The molecule has 0 amide bonds. The molecule has 0 bridgehead atoms. The minimum atomic E-state index is -5.04. The summed E-state index contributed by atoms with van der Waals surface area (Å²) in [6.07, 6.45) is -9.71. The third-order valence-electron chi connectivity index (χ3n) is 8.08. The van der Waals surface area contributed by atoms with Gasteiger partial charge in [-0.3, -0.25) is 37.0 Å². The number of esters is 2. The number of hydrogen-bond acceptors (Lipinski definition) is 18. The summed E-state index contributed by atoms with van der Waals surface area (Å²) in [7, 11) is -7.65. The largest absolute Gasteiger partial charge is 0.464 e. The highest BCUT2D eigenvalue weighted by Crippen LogP contribution is 2.44. The van der Waals surface area contributed by atoms with Gasteiger partial charge in [0.25, 0.3) is 22.8 Å². The van der Waals surface area contributed by atoms with E-state index in [1.165, 1.54) is 27.9 Å². The van der Waals surface area contributed by atoms with Crippen LogP contribution in [0.5, 0.6) is 0 Å². The van der Waals surface area contributed by atoms with Crippen LogP contribution in [0, 0.1) is 0 Å². The molecule has 26 nitrogen and oxygen atoms in total. The fourth-order valence-electron chi connectivity index (χ4n) is 5.16. The van der Waals surface area contributed by atoms with E-state index in [1.807, 2.05) is 0 Å². The van der Waals surface area contributed by atoms with Crippen molar-refractivity contribution in [3.8, 4) is 0 Å². The molecule has 4 heterocycles. The maximum atomic E-state index is 12.2. The molecule has 8 N–H and O–H groups in total. The third kappa shape index (κ3) is 10.8. The van der Waals surface area contributed by atoms with E-state index in [9.17, 15) is 77.9 Å². The van der Waals surface area contributed by atoms with Gasteiger partial charge in [-0.2, -0.15) is 0 Å². The molecule has 10 atom stereocenters. The Morgan fingerprint density at radius 1 is 0.661 bits per heavy atom. The Labute approximate surface area is 313 Å². The van der Waals surface area contributed by atoms with Gasteiger partial charge in [-0.05, 0) is 13.8 Å². The molecule has 2 fully saturated rings. The molecule has 56 heavy (non-hydrogen) atoms. The van der Waals surface area contributed by atoms with Crippen LogP contribution < -0.4 is 22.5 Å². The van der Waals surface area contributed by atoms with Crippen LogP contribution in [-0.2, 0) is 61.2 Å². The van der Waals surface area contributed by atoms with E-state index < -0.39 is 124 Å². The van der Waals surface area contributed by atoms with Crippen molar-refractivity contribution in [3.05, 3.63) is 66.2 Å². The van der Waals surface area contributed by atoms with Crippen molar-refractivity contribution >= 4 is 27.1 Å². The predicted octanol–water partition coefficient (Wildman–Crippen LogP) is -5.50. The molecule has 316 valence electrons. The molecule has 0 aliphatic carbocycles. The van der Waals surface area contributed by atoms with Gasteiger partial charge in [0.15, 0.2) is 12.5 Å². The Kier molecular flexibility index (Phi) is 16.0. The molecule has 4 rings (SSSR count). The number of rotatable bonds is 14. The van der Waals surface area contributed by atoms with Crippen molar-refractivity contribution in [3.63, 3.8) is 0 Å². The van der Waals surface area contributed by atoms with Gasteiger partial charge in [0.1, 0.15) is 36.6 Å². The van der Waals surface area contributed by atoms with Crippen molar-refractivity contribution in [2.24, 2.45) is 14.1 Å². The van der Waals surface area contributed by atoms with Gasteiger partial charge in [0, 0.05) is 38.6 Å².